The fraction of sp³-hybridized carbons (Fsp3) is 0.207. The maximum atomic E-state index is 12.7. The fourth-order valence-corrected chi connectivity index (χ4v) is 3.84. The van der Waals surface area contributed by atoms with Crippen molar-refractivity contribution in [3.05, 3.63) is 101 Å². The highest BCUT2D eigenvalue weighted by atomic mass is 16.6. The van der Waals surface area contributed by atoms with Gasteiger partial charge in [-0.15, -0.1) is 20.4 Å². The lowest BCUT2D eigenvalue weighted by Crippen LogP contribution is -2.30. The van der Waals surface area contributed by atoms with Gasteiger partial charge < -0.3 is 14.7 Å². The molecule has 188 valence electrons. The predicted molar refractivity (Wildman–Crippen MR) is 142 cm³/mol. The van der Waals surface area contributed by atoms with Gasteiger partial charge in [-0.3, -0.25) is 0 Å². The molecule has 4 aromatic rings. The minimum Gasteiger partial charge on any atom is -0.508 e. The van der Waals surface area contributed by atoms with Crippen molar-refractivity contribution in [2.75, 3.05) is 7.05 Å². The number of ether oxygens (including phenoxy) is 1. The van der Waals surface area contributed by atoms with Gasteiger partial charge in [-0.1, -0.05) is 54.6 Å². The van der Waals surface area contributed by atoms with Crippen LogP contribution < -0.4 is 4.74 Å². The largest absolute Gasteiger partial charge is 0.508 e. The summed E-state index contributed by atoms with van der Waals surface area (Å²) >= 11 is 0. The Morgan fingerprint density at radius 2 is 1.65 bits per heavy atom. The SMILES string of the molecule is C=Cc1ccc(OC(=O)N(C)Cc2nnc(-c3ccc(C)cc3)nn2)cc1CCc1cc(O)ccc1C. The van der Waals surface area contributed by atoms with E-state index in [2.05, 4.69) is 27.0 Å². The lowest BCUT2D eigenvalue weighted by atomic mass is 9.97. The Bertz CT molecular complexity index is 1400. The number of carbonyl (C=O) groups is 1. The molecule has 0 aliphatic heterocycles. The molecule has 1 amide bonds. The molecule has 0 spiro atoms. The zero-order chi connectivity index (χ0) is 26.4. The molecular weight excluding hydrogens is 466 g/mol. The number of phenolic OH excluding ortho intramolecular Hbond substituents is 1. The maximum absolute atomic E-state index is 12.7. The summed E-state index contributed by atoms with van der Waals surface area (Å²) in [7, 11) is 1.60. The predicted octanol–water partition coefficient (Wildman–Crippen LogP) is 5.32. The third kappa shape index (κ3) is 6.55. The average molecular weight is 496 g/mol. The van der Waals surface area contributed by atoms with Crippen LogP contribution in [0.15, 0.2) is 67.2 Å². The molecule has 0 fully saturated rings. The molecule has 1 aromatic heterocycles. The molecule has 0 saturated heterocycles. The first-order chi connectivity index (χ1) is 17.8. The third-order valence-electron chi connectivity index (χ3n) is 6.06. The summed E-state index contributed by atoms with van der Waals surface area (Å²) in [4.78, 5) is 14.1. The summed E-state index contributed by atoms with van der Waals surface area (Å²) in [5.74, 6) is 1.40. The molecule has 0 saturated carbocycles. The number of aromatic hydroxyl groups is 1. The summed E-state index contributed by atoms with van der Waals surface area (Å²) < 4.78 is 5.60. The second-order valence-corrected chi connectivity index (χ2v) is 8.91. The van der Waals surface area contributed by atoms with Crippen molar-refractivity contribution in [3.63, 3.8) is 0 Å². The van der Waals surface area contributed by atoms with Gasteiger partial charge in [0, 0.05) is 12.6 Å². The normalized spacial score (nSPS) is 10.7. The summed E-state index contributed by atoms with van der Waals surface area (Å²) in [5, 5.41) is 26.3. The van der Waals surface area contributed by atoms with Crippen molar-refractivity contribution < 1.29 is 14.6 Å². The van der Waals surface area contributed by atoms with Crippen LogP contribution in [0.1, 0.15) is 33.6 Å². The number of hydrogen-bond acceptors (Lipinski definition) is 7. The van der Waals surface area contributed by atoms with Crippen molar-refractivity contribution in [2.24, 2.45) is 0 Å². The standard InChI is InChI=1S/C29H29N5O3/c1-5-21-13-15-26(17-24(21)12-11-23-16-25(35)14-8-20(23)3)37-29(36)34(4)18-27-30-32-28(33-31-27)22-9-6-19(2)7-10-22/h5-10,13-17,35H,1,11-12,18H2,2-4H3. The Kier molecular flexibility index (Phi) is 7.88. The van der Waals surface area contributed by atoms with Crippen LogP contribution in [0, 0.1) is 13.8 Å². The van der Waals surface area contributed by atoms with Gasteiger partial charge in [0.15, 0.2) is 5.82 Å². The lowest BCUT2D eigenvalue weighted by molar-refractivity contribution is 0.159. The van der Waals surface area contributed by atoms with E-state index in [0.29, 0.717) is 23.8 Å². The Balaban J connectivity index is 1.39. The van der Waals surface area contributed by atoms with E-state index in [1.807, 2.05) is 56.3 Å². The highest BCUT2D eigenvalue weighted by Crippen LogP contribution is 2.23. The number of benzene rings is 3. The molecule has 37 heavy (non-hydrogen) atoms. The molecule has 0 radical (unpaired) electrons. The molecule has 0 aliphatic rings. The number of carbonyl (C=O) groups excluding carboxylic acids is 1. The fourth-order valence-electron chi connectivity index (χ4n) is 3.84. The van der Waals surface area contributed by atoms with Crippen LogP contribution >= 0.6 is 0 Å². The first-order valence-corrected chi connectivity index (χ1v) is 11.9. The molecular formula is C29H29N5O3. The topological polar surface area (TPSA) is 101 Å². The van der Waals surface area contributed by atoms with E-state index in [1.54, 1.807) is 31.3 Å². The van der Waals surface area contributed by atoms with Gasteiger partial charge in [0.25, 0.3) is 0 Å². The smallest absolute Gasteiger partial charge is 0.415 e. The van der Waals surface area contributed by atoms with E-state index in [1.165, 1.54) is 4.90 Å². The van der Waals surface area contributed by atoms with Crippen molar-refractivity contribution in [3.8, 4) is 22.9 Å². The minimum atomic E-state index is -0.549. The van der Waals surface area contributed by atoms with Crippen molar-refractivity contribution in [1.29, 1.82) is 0 Å². The van der Waals surface area contributed by atoms with Crippen LogP contribution in [0.25, 0.3) is 17.5 Å². The van der Waals surface area contributed by atoms with Crippen LogP contribution in [0.5, 0.6) is 11.5 Å². The van der Waals surface area contributed by atoms with Crippen LogP contribution in [-0.4, -0.2) is 43.5 Å². The van der Waals surface area contributed by atoms with Crippen LogP contribution in [0.2, 0.25) is 0 Å². The number of aryl methyl sites for hydroxylation is 4. The highest BCUT2D eigenvalue weighted by molar-refractivity contribution is 5.70. The van der Waals surface area contributed by atoms with E-state index in [0.717, 1.165) is 39.8 Å². The van der Waals surface area contributed by atoms with E-state index in [-0.39, 0.29) is 12.3 Å². The molecule has 8 heteroatoms. The number of aromatic nitrogens is 4. The molecule has 0 atom stereocenters. The number of phenols is 1. The van der Waals surface area contributed by atoms with E-state index in [9.17, 15) is 9.90 Å². The van der Waals surface area contributed by atoms with Crippen LogP contribution in [0.4, 0.5) is 4.79 Å². The zero-order valence-corrected chi connectivity index (χ0v) is 21.2. The summed E-state index contributed by atoms with van der Waals surface area (Å²) in [6, 6.07) is 18.6. The minimum absolute atomic E-state index is 0.0986. The maximum Gasteiger partial charge on any atom is 0.415 e. The number of amides is 1. The lowest BCUT2D eigenvalue weighted by Gasteiger charge is -2.16. The van der Waals surface area contributed by atoms with Gasteiger partial charge in [-0.25, -0.2) is 4.79 Å². The number of rotatable bonds is 8. The molecule has 0 aliphatic carbocycles. The van der Waals surface area contributed by atoms with Gasteiger partial charge in [-0.2, -0.15) is 0 Å². The van der Waals surface area contributed by atoms with Gasteiger partial charge >= 0.3 is 6.09 Å². The molecule has 1 heterocycles. The number of hydrogen-bond donors (Lipinski definition) is 1. The Hall–Kier alpha value is -4.59. The molecule has 4 rings (SSSR count). The molecule has 3 aromatic carbocycles. The average Bonchev–Trinajstić information content (AvgIpc) is 2.90. The summed E-state index contributed by atoms with van der Waals surface area (Å²) in [6.07, 6.45) is 2.66. The van der Waals surface area contributed by atoms with E-state index < -0.39 is 6.09 Å². The van der Waals surface area contributed by atoms with E-state index in [4.69, 9.17) is 4.74 Å². The Morgan fingerprint density at radius 3 is 2.35 bits per heavy atom. The van der Waals surface area contributed by atoms with Gasteiger partial charge in [-0.05, 0) is 73.2 Å². The Morgan fingerprint density at radius 1 is 0.946 bits per heavy atom. The van der Waals surface area contributed by atoms with E-state index >= 15 is 0 Å². The first-order valence-electron chi connectivity index (χ1n) is 11.9. The second kappa shape index (κ2) is 11.4. The van der Waals surface area contributed by atoms with Crippen LogP contribution in [0.3, 0.4) is 0 Å². The molecule has 0 bridgehead atoms. The monoisotopic (exact) mass is 495 g/mol. The van der Waals surface area contributed by atoms with Gasteiger partial charge in [0.2, 0.25) is 5.82 Å². The number of nitrogens with zero attached hydrogens (tertiary/aromatic N) is 5. The quantitative estimate of drug-likeness (QED) is 0.353. The molecule has 1 N–H and O–H groups in total. The van der Waals surface area contributed by atoms with Gasteiger partial charge in [0.05, 0.1) is 6.54 Å². The summed E-state index contributed by atoms with van der Waals surface area (Å²) in [6.45, 7) is 8.01. The van der Waals surface area contributed by atoms with Crippen molar-refractivity contribution in [2.45, 2.75) is 33.2 Å². The zero-order valence-electron chi connectivity index (χ0n) is 21.2. The first kappa shape index (κ1) is 25.5. The molecule has 8 nitrogen and oxygen atoms in total. The molecule has 0 unspecified atom stereocenters. The summed E-state index contributed by atoms with van der Waals surface area (Å²) in [5.41, 5.74) is 6.09. The van der Waals surface area contributed by atoms with Gasteiger partial charge in [0.1, 0.15) is 11.5 Å². The van der Waals surface area contributed by atoms with Crippen molar-refractivity contribution >= 4 is 12.2 Å². The highest BCUT2D eigenvalue weighted by Gasteiger charge is 2.15. The Labute approximate surface area is 216 Å². The second-order valence-electron chi connectivity index (χ2n) is 8.91. The van der Waals surface area contributed by atoms with Crippen molar-refractivity contribution in [1.82, 2.24) is 25.3 Å². The van der Waals surface area contributed by atoms with Crippen LogP contribution in [-0.2, 0) is 19.4 Å². The third-order valence-corrected chi connectivity index (χ3v) is 6.06.